The molecule has 65 valence electrons. The topological polar surface area (TPSA) is 26.0 Å². The van der Waals surface area contributed by atoms with Crippen molar-refractivity contribution in [1.82, 2.24) is 0 Å². The van der Waals surface area contributed by atoms with Gasteiger partial charge < -0.3 is 5.73 Å². The first kappa shape index (κ1) is 8.11. The maximum Gasteiger partial charge on any atom is 0.0390 e. The Bertz CT molecular complexity index is 361. The summed E-state index contributed by atoms with van der Waals surface area (Å²) >= 11 is 0. The molecule has 0 fully saturated rings. The maximum atomic E-state index is 5.87. The number of para-hydroxylation sites is 1. The number of hydrogen-bond acceptors (Lipinski definition) is 1. The largest absolute Gasteiger partial charge is 0.398 e. The normalized spacial score (nSPS) is 15.5. The van der Waals surface area contributed by atoms with Gasteiger partial charge in [0.25, 0.3) is 0 Å². The predicted molar refractivity (Wildman–Crippen MR) is 56.9 cm³/mol. The van der Waals surface area contributed by atoms with E-state index < -0.39 is 0 Å². The first-order valence-corrected chi connectivity index (χ1v) is 4.42. The van der Waals surface area contributed by atoms with Gasteiger partial charge in [0.05, 0.1) is 0 Å². The van der Waals surface area contributed by atoms with E-state index in [9.17, 15) is 0 Å². The maximum absolute atomic E-state index is 5.87. The van der Waals surface area contributed by atoms with Crippen molar-refractivity contribution in [2.24, 2.45) is 0 Å². The third-order valence-corrected chi connectivity index (χ3v) is 2.19. The van der Waals surface area contributed by atoms with Crippen LogP contribution in [-0.4, -0.2) is 0 Å². The number of allylic oxidation sites excluding steroid dienone is 4. The van der Waals surface area contributed by atoms with E-state index in [-0.39, 0.29) is 0 Å². The zero-order chi connectivity index (χ0) is 9.10. The van der Waals surface area contributed by atoms with Gasteiger partial charge in [0.2, 0.25) is 0 Å². The van der Waals surface area contributed by atoms with Crippen LogP contribution in [0.15, 0.2) is 42.5 Å². The SMILES string of the molecule is Nc1ccccc1C1=C[CH]C=CC1. The molecule has 0 heterocycles. The summed E-state index contributed by atoms with van der Waals surface area (Å²) in [6, 6.07) is 7.98. The predicted octanol–water partition coefficient (Wildman–Crippen LogP) is 2.82. The molecule has 1 aromatic rings. The van der Waals surface area contributed by atoms with Crippen molar-refractivity contribution in [3.05, 3.63) is 54.5 Å². The van der Waals surface area contributed by atoms with Crippen molar-refractivity contribution >= 4 is 11.3 Å². The second-order valence-electron chi connectivity index (χ2n) is 3.10. The van der Waals surface area contributed by atoms with Crippen molar-refractivity contribution in [2.45, 2.75) is 6.42 Å². The molecule has 2 N–H and O–H groups in total. The molecule has 0 unspecified atom stereocenters. The fraction of sp³-hybridized carbons (Fsp3) is 0.0833. The molecule has 0 aromatic heterocycles. The first-order valence-electron chi connectivity index (χ1n) is 4.42. The lowest BCUT2D eigenvalue weighted by molar-refractivity contribution is 1.35. The monoisotopic (exact) mass is 170 g/mol. The quantitative estimate of drug-likeness (QED) is 0.644. The summed E-state index contributed by atoms with van der Waals surface area (Å²) < 4.78 is 0. The molecule has 1 aliphatic rings. The Hall–Kier alpha value is -1.50. The van der Waals surface area contributed by atoms with Crippen LogP contribution >= 0.6 is 0 Å². The van der Waals surface area contributed by atoms with Crippen LogP contribution in [0.2, 0.25) is 0 Å². The molecule has 1 aliphatic carbocycles. The van der Waals surface area contributed by atoms with Gasteiger partial charge >= 0.3 is 0 Å². The van der Waals surface area contributed by atoms with Crippen LogP contribution in [-0.2, 0) is 0 Å². The number of nitrogen functional groups attached to an aromatic ring is 1. The van der Waals surface area contributed by atoms with E-state index in [1.807, 2.05) is 24.6 Å². The average molecular weight is 170 g/mol. The van der Waals surface area contributed by atoms with E-state index in [0.29, 0.717) is 0 Å². The Morgan fingerprint density at radius 2 is 2.00 bits per heavy atom. The number of hydrogen-bond donors (Lipinski definition) is 1. The molecular formula is C12H12N. The van der Waals surface area contributed by atoms with Gasteiger partial charge in [-0.2, -0.15) is 0 Å². The van der Waals surface area contributed by atoms with Gasteiger partial charge in [0, 0.05) is 17.7 Å². The van der Waals surface area contributed by atoms with Crippen LogP contribution < -0.4 is 5.73 Å². The summed E-state index contributed by atoms with van der Waals surface area (Å²) in [7, 11) is 0. The highest BCUT2D eigenvalue weighted by atomic mass is 14.6. The van der Waals surface area contributed by atoms with Gasteiger partial charge in [-0.15, -0.1) is 0 Å². The van der Waals surface area contributed by atoms with Gasteiger partial charge in [-0.3, -0.25) is 0 Å². The Kier molecular flexibility index (Phi) is 2.17. The molecule has 0 aliphatic heterocycles. The van der Waals surface area contributed by atoms with E-state index in [2.05, 4.69) is 24.3 Å². The standard InChI is InChI=1S/C12H12N/c13-12-9-5-4-8-11(12)10-6-2-1-3-7-10/h1-6,8-9H,7,13H2. The summed E-state index contributed by atoms with van der Waals surface area (Å²) in [5, 5.41) is 0. The fourth-order valence-corrected chi connectivity index (χ4v) is 1.50. The third kappa shape index (κ3) is 1.64. The number of benzene rings is 1. The molecule has 1 heteroatoms. The van der Waals surface area contributed by atoms with Crippen molar-refractivity contribution in [3.8, 4) is 0 Å². The summed E-state index contributed by atoms with van der Waals surface area (Å²) in [5.41, 5.74) is 9.18. The van der Waals surface area contributed by atoms with Crippen LogP contribution in [0.3, 0.4) is 0 Å². The average Bonchev–Trinajstić information content (AvgIpc) is 2.20. The van der Waals surface area contributed by atoms with Crippen molar-refractivity contribution in [3.63, 3.8) is 0 Å². The van der Waals surface area contributed by atoms with Gasteiger partial charge in [0.15, 0.2) is 0 Å². The number of rotatable bonds is 1. The molecule has 1 nitrogen and oxygen atoms in total. The van der Waals surface area contributed by atoms with E-state index in [4.69, 9.17) is 5.73 Å². The van der Waals surface area contributed by atoms with Crippen molar-refractivity contribution in [1.29, 1.82) is 0 Å². The second kappa shape index (κ2) is 3.48. The fourth-order valence-electron chi connectivity index (χ4n) is 1.50. The summed E-state index contributed by atoms with van der Waals surface area (Å²) in [6.45, 7) is 0. The zero-order valence-corrected chi connectivity index (χ0v) is 7.40. The molecule has 0 saturated carbocycles. The lowest BCUT2D eigenvalue weighted by Gasteiger charge is -2.10. The smallest absolute Gasteiger partial charge is 0.0390 e. The van der Waals surface area contributed by atoms with Crippen LogP contribution in [0.1, 0.15) is 12.0 Å². The van der Waals surface area contributed by atoms with E-state index in [1.165, 1.54) is 5.57 Å². The van der Waals surface area contributed by atoms with E-state index >= 15 is 0 Å². The molecule has 0 atom stereocenters. The third-order valence-electron chi connectivity index (χ3n) is 2.19. The van der Waals surface area contributed by atoms with Gasteiger partial charge in [-0.25, -0.2) is 0 Å². The summed E-state index contributed by atoms with van der Waals surface area (Å²) in [4.78, 5) is 0. The highest BCUT2D eigenvalue weighted by molar-refractivity contribution is 5.77. The minimum absolute atomic E-state index is 0.859. The van der Waals surface area contributed by atoms with Crippen LogP contribution in [0.5, 0.6) is 0 Å². The highest BCUT2D eigenvalue weighted by Crippen LogP contribution is 2.26. The molecule has 0 spiro atoms. The minimum Gasteiger partial charge on any atom is -0.398 e. The molecule has 13 heavy (non-hydrogen) atoms. The molecule has 0 bridgehead atoms. The molecule has 1 radical (unpaired) electrons. The Morgan fingerprint density at radius 3 is 2.69 bits per heavy atom. The first-order chi connectivity index (χ1) is 6.38. The van der Waals surface area contributed by atoms with Gasteiger partial charge in [-0.1, -0.05) is 36.4 Å². The Morgan fingerprint density at radius 1 is 1.15 bits per heavy atom. The lowest BCUT2D eigenvalue weighted by Crippen LogP contribution is -1.94. The number of nitrogens with two attached hydrogens (primary N) is 1. The van der Waals surface area contributed by atoms with Crippen LogP contribution in [0.4, 0.5) is 5.69 Å². The Labute approximate surface area is 78.6 Å². The molecule has 2 rings (SSSR count). The summed E-state index contributed by atoms with van der Waals surface area (Å²) in [5.74, 6) is 0. The number of anilines is 1. The summed E-state index contributed by atoms with van der Waals surface area (Å²) in [6.07, 6.45) is 9.34. The van der Waals surface area contributed by atoms with Gasteiger partial charge in [0.1, 0.15) is 0 Å². The molecule has 0 saturated heterocycles. The molecular weight excluding hydrogens is 158 g/mol. The van der Waals surface area contributed by atoms with Crippen molar-refractivity contribution in [2.75, 3.05) is 5.73 Å². The van der Waals surface area contributed by atoms with Crippen LogP contribution in [0.25, 0.3) is 5.57 Å². The van der Waals surface area contributed by atoms with E-state index in [0.717, 1.165) is 17.7 Å². The second-order valence-corrected chi connectivity index (χ2v) is 3.10. The van der Waals surface area contributed by atoms with E-state index in [1.54, 1.807) is 0 Å². The minimum atomic E-state index is 0.859. The zero-order valence-electron chi connectivity index (χ0n) is 7.40. The molecule has 0 amide bonds. The van der Waals surface area contributed by atoms with Gasteiger partial charge in [-0.05, 0) is 18.1 Å². The highest BCUT2D eigenvalue weighted by Gasteiger charge is 2.04. The molecule has 1 aromatic carbocycles. The Balaban J connectivity index is 2.35. The lowest BCUT2D eigenvalue weighted by atomic mass is 9.97. The van der Waals surface area contributed by atoms with Crippen LogP contribution in [0, 0.1) is 6.42 Å². The van der Waals surface area contributed by atoms with Crippen molar-refractivity contribution < 1.29 is 0 Å².